The molecule has 0 aliphatic carbocycles. The van der Waals surface area contributed by atoms with E-state index in [4.69, 9.17) is 28.3 Å². The van der Waals surface area contributed by atoms with Gasteiger partial charge in [-0.1, -0.05) is 103 Å². The largest absolute Gasteiger partial charge is 0.308 e. The standard InChI is InChI=1S/C39H25N5/c1-2-12-26(13-3-1)32-24-33(42-39(41-32)44-35-19-9-4-14-27(35)28-15-5-10-20-36(28)44)30-17-7-11-21-37(30)43-34-18-8-6-16-29(34)31-25-40-23-22-38(31)43/h1-25H/i1D,2D,3D,4D,5D,6D,8D,9D,10D,12D,13D,14D,15D,16D,18D,19D,20D,24D. The highest BCUT2D eigenvalue weighted by molar-refractivity contribution is 6.10. The highest BCUT2D eigenvalue weighted by Gasteiger charge is 2.20. The molecule has 0 aliphatic rings. The van der Waals surface area contributed by atoms with Crippen molar-refractivity contribution >= 4 is 43.6 Å². The highest BCUT2D eigenvalue weighted by atomic mass is 15.2. The fourth-order valence-corrected chi connectivity index (χ4v) is 5.41. The first-order chi connectivity index (χ1) is 29.3. The van der Waals surface area contributed by atoms with Crippen LogP contribution in [-0.2, 0) is 0 Å². The van der Waals surface area contributed by atoms with Crippen LogP contribution < -0.4 is 0 Å². The Labute approximate surface area is 278 Å². The van der Waals surface area contributed by atoms with Gasteiger partial charge in [0, 0.05) is 45.1 Å². The van der Waals surface area contributed by atoms with Gasteiger partial charge in [-0.05, 0) is 36.3 Å². The molecule has 0 saturated carbocycles. The molecule has 0 spiro atoms. The summed E-state index contributed by atoms with van der Waals surface area (Å²) in [5, 5.41) is -0.129. The van der Waals surface area contributed by atoms with E-state index in [1.165, 1.54) is 23.0 Å². The fourth-order valence-electron chi connectivity index (χ4n) is 5.41. The zero-order valence-electron chi connectivity index (χ0n) is 40.3. The molecular formula is C39H25N5. The lowest BCUT2D eigenvalue weighted by molar-refractivity contribution is 0.994. The summed E-state index contributed by atoms with van der Waals surface area (Å²) < 4.78 is 160. The maximum atomic E-state index is 9.67. The first-order valence-electron chi connectivity index (χ1n) is 22.2. The average molecular weight is 582 g/mol. The summed E-state index contributed by atoms with van der Waals surface area (Å²) in [5.41, 5.74) is -1.52. The van der Waals surface area contributed by atoms with Gasteiger partial charge in [-0.15, -0.1) is 0 Å². The van der Waals surface area contributed by atoms with Crippen LogP contribution in [-0.4, -0.2) is 24.1 Å². The molecule has 4 heterocycles. The number of pyridine rings is 1. The maximum absolute atomic E-state index is 9.67. The van der Waals surface area contributed by atoms with Crippen LogP contribution in [0.5, 0.6) is 0 Å². The van der Waals surface area contributed by atoms with E-state index in [1.807, 2.05) is 0 Å². The minimum atomic E-state index is -0.768. The van der Waals surface area contributed by atoms with Crippen molar-refractivity contribution in [2.75, 3.05) is 0 Å². The quantitative estimate of drug-likeness (QED) is 0.208. The lowest BCUT2D eigenvalue weighted by atomic mass is 10.1. The number of rotatable bonds is 4. The number of hydrogen-bond donors (Lipinski definition) is 0. The van der Waals surface area contributed by atoms with Gasteiger partial charge >= 0.3 is 0 Å². The second-order valence-electron chi connectivity index (χ2n) is 9.60. The van der Waals surface area contributed by atoms with Crippen LogP contribution in [0, 0.1) is 0 Å². The topological polar surface area (TPSA) is 48.5 Å². The molecule has 0 N–H and O–H groups in total. The third-order valence-corrected chi connectivity index (χ3v) is 7.23. The van der Waals surface area contributed by atoms with E-state index in [1.54, 1.807) is 24.3 Å². The maximum Gasteiger partial charge on any atom is 0.235 e. The van der Waals surface area contributed by atoms with Gasteiger partial charge in [0.2, 0.25) is 5.95 Å². The Morgan fingerprint density at radius 1 is 0.523 bits per heavy atom. The molecule has 0 aliphatic heterocycles. The second kappa shape index (κ2) is 9.75. The fraction of sp³-hybridized carbons (Fsp3) is 0. The number of fused-ring (bicyclic) bond motifs is 6. The van der Waals surface area contributed by atoms with Crippen LogP contribution in [0.4, 0.5) is 0 Å². The van der Waals surface area contributed by atoms with E-state index < -0.39 is 120 Å². The number of nitrogens with zero attached hydrogens (tertiary/aromatic N) is 5. The molecule has 0 radical (unpaired) electrons. The third kappa shape index (κ3) is 3.69. The second-order valence-corrected chi connectivity index (χ2v) is 9.60. The van der Waals surface area contributed by atoms with Gasteiger partial charge in [0.1, 0.15) is 0 Å². The van der Waals surface area contributed by atoms with Gasteiger partial charge in [-0.25, -0.2) is 9.97 Å². The molecule has 206 valence electrons. The minimum absolute atomic E-state index is 0.0347. The highest BCUT2D eigenvalue weighted by Crippen LogP contribution is 2.37. The van der Waals surface area contributed by atoms with Crippen molar-refractivity contribution in [3.05, 3.63) is 151 Å². The molecule has 5 heteroatoms. The van der Waals surface area contributed by atoms with Crippen molar-refractivity contribution < 1.29 is 24.7 Å². The molecule has 5 nitrogen and oxygen atoms in total. The van der Waals surface area contributed by atoms with Gasteiger partial charge in [-0.2, -0.15) is 0 Å². The summed E-state index contributed by atoms with van der Waals surface area (Å²) in [6.07, 6.45) is 2.90. The molecular weight excluding hydrogens is 538 g/mol. The summed E-state index contributed by atoms with van der Waals surface area (Å²) in [6.45, 7) is 0. The summed E-state index contributed by atoms with van der Waals surface area (Å²) in [4.78, 5) is 13.5. The van der Waals surface area contributed by atoms with Crippen LogP contribution in [0.15, 0.2) is 151 Å². The van der Waals surface area contributed by atoms with E-state index in [2.05, 4.69) is 9.97 Å². The summed E-state index contributed by atoms with van der Waals surface area (Å²) in [6, 6.07) is -3.85. The summed E-state index contributed by atoms with van der Waals surface area (Å²) in [5.74, 6) is -0.573. The average Bonchev–Trinajstić information content (AvgIpc) is 3.81. The first-order valence-corrected chi connectivity index (χ1v) is 13.2. The zero-order chi connectivity index (χ0) is 44.7. The van der Waals surface area contributed by atoms with Crippen molar-refractivity contribution in [2.45, 2.75) is 0 Å². The van der Waals surface area contributed by atoms with Gasteiger partial charge in [0.05, 0.1) is 63.8 Å². The van der Waals surface area contributed by atoms with Crippen LogP contribution in [0.3, 0.4) is 0 Å². The Balaban J connectivity index is 1.52. The Hall–Kier alpha value is -6.07. The monoisotopic (exact) mass is 581 g/mol. The van der Waals surface area contributed by atoms with E-state index >= 15 is 0 Å². The molecule has 0 atom stereocenters. The van der Waals surface area contributed by atoms with Crippen molar-refractivity contribution in [2.24, 2.45) is 0 Å². The van der Waals surface area contributed by atoms with Crippen molar-refractivity contribution in [3.8, 4) is 34.2 Å². The predicted molar refractivity (Wildman–Crippen MR) is 179 cm³/mol. The SMILES string of the molecule is [2H]c1c(-c2ccccc2-n2c3ccncc3c3c([2H])c([2H])c([2H])c([2H])c32)nc(-n2c3c([2H])c([2H])c([2H])c([2H])c3c3c([2H])c([2H])c([2H])c([2H])c32)nc1-c1c([2H])c([2H])c([2H])c([2H])c1[2H]. The number of hydrogen-bond acceptors (Lipinski definition) is 3. The van der Waals surface area contributed by atoms with Gasteiger partial charge in [0.15, 0.2) is 0 Å². The van der Waals surface area contributed by atoms with E-state index in [0.29, 0.717) is 10.9 Å². The molecule has 9 aromatic rings. The molecule has 9 rings (SSSR count). The summed E-state index contributed by atoms with van der Waals surface area (Å²) >= 11 is 0. The normalized spacial score (nSPS) is 17.4. The Morgan fingerprint density at radius 2 is 1.11 bits per heavy atom. The van der Waals surface area contributed by atoms with E-state index in [9.17, 15) is 1.37 Å². The number of para-hydroxylation sites is 4. The summed E-state index contributed by atoms with van der Waals surface area (Å²) in [7, 11) is 0. The molecule has 4 aromatic heterocycles. The van der Waals surface area contributed by atoms with Crippen molar-refractivity contribution in [1.82, 2.24) is 24.1 Å². The van der Waals surface area contributed by atoms with Crippen LogP contribution in [0.2, 0.25) is 0 Å². The lowest BCUT2D eigenvalue weighted by Crippen LogP contribution is -2.05. The van der Waals surface area contributed by atoms with Crippen LogP contribution in [0.25, 0.3) is 77.8 Å². The van der Waals surface area contributed by atoms with E-state index in [0.717, 1.165) is 4.57 Å². The van der Waals surface area contributed by atoms with Crippen molar-refractivity contribution in [3.63, 3.8) is 0 Å². The smallest absolute Gasteiger partial charge is 0.235 e. The van der Waals surface area contributed by atoms with E-state index in [-0.39, 0.29) is 55.7 Å². The molecule has 0 fully saturated rings. The Bertz CT molecular complexity index is 3420. The van der Waals surface area contributed by atoms with Gasteiger partial charge in [0.25, 0.3) is 0 Å². The number of benzene rings is 5. The molecule has 0 saturated heterocycles. The van der Waals surface area contributed by atoms with Gasteiger partial charge in [-0.3, -0.25) is 9.55 Å². The van der Waals surface area contributed by atoms with Crippen molar-refractivity contribution in [1.29, 1.82) is 0 Å². The van der Waals surface area contributed by atoms with Crippen LogP contribution >= 0.6 is 0 Å². The first kappa shape index (κ1) is 12.7. The third-order valence-electron chi connectivity index (χ3n) is 7.23. The Kier molecular flexibility index (Phi) is 2.80. The minimum Gasteiger partial charge on any atom is -0.308 e. The molecule has 0 amide bonds. The molecule has 5 aromatic carbocycles. The molecule has 0 bridgehead atoms. The molecule has 0 unspecified atom stereocenters. The van der Waals surface area contributed by atoms with Gasteiger partial charge < -0.3 is 4.57 Å². The lowest BCUT2D eigenvalue weighted by Gasteiger charge is -2.16. The number of aromatic nitrogens is 5. The molecule has 44 heavy (non-hydrogen) atoms. The Morgan fingerprint density at radius 3 is 1.84 bits per heavy atom. The van der Waals surface area contributed by atoms with Crippen LogP contribution in [0.1, 0.15) is 24.7 Å². The predicted octanol–water partition coefficient (Wildman–Crippen LogP) is 9.40. The zero-order valence-corrected chi connectivity index (χ0v) is 22.3.